The zero-order valence-electron chi connectivity index (χ0n) is 15.8. The summed E-state index contributed by atoms with van der Waals surface area (Å²) in [5.41, 5.74) is 0. The molecule has 5 nitrogen and oxygen atoms in total. The highest BCUT2D eigenvalue weighted by molar-refractivity contribution is 5.79. The monoisotopic (exact) mass is 353 g/mol. The number of rotatable bonds is 13. The molecule has 0 aliphatic carbocycles. The topological polar surface area (TPSA) is 77.8 Å². The third-order valence-corrected chi connectivity index (χ3v) is 4.98. The summed E-state index contributed by atoms with van der Waals surface area (Å²) in [5, 5.41) is 18.7. The SMILES string of the molecule is CCCCCC(O)/C=C/C1CCC(=O)N1CCC(C)CCCC(=O)O. The number of unbranched alkanes of at least 4 members (excludes halogenated alkanes) is 2. The lowest BCUT2D eigenvalue weighted by Crippen LogP contribution is -2.33. The average molecular weight is 354 g/mol. The summed E-state index contributed by atoms with van der Waals surface area (Å²) in [6.45, 7) is 4.98. The molecule has 3 atom stereocenters. The van der Waals surface area contributed by atoms with Crippen LogP contribution in [-0.2, 0) is 9.59 Å². The van der Waals surface area contributed by atoms with Crippen molar-refractivity contribution in [3.8, 4) is 0 Å². The van der Waals surface area contributed by atoms with E-state index in [1.165, 1.54) is 0 Å². The Morgan fingerprint density at radius 2 is 2.04 bits per heavy atom. The molecular formula is C20H35NO4. The van der Waals surface area contributed by atoms with E-state index in [2.05, 4.69) is 13.8 Å². The van der Waals surface area contributed by atoms with Crippen LogP contribution in [0.2, 0.25) is 0 Å². The lowest BCUT2D eigenvalue weighted by Gasteiger charge is -2.24. The third kappa shape index (κ3) is 9.05. The second-order valence-corrected chi connectivity index (χ2v) is 7.32. The van der Waals surface area contributed by atoms with Crippen LogP contribution in [-0.4, -0.2) is 45.7 Å². The maximum absolute atomic E-state index is 12.1. The third-order valence-electron chi connectivity index (χ3n) is 4.98. The summed E-state index contributed by atoms with van der Waals surface area (Å²) in [4.78, 5) is 24.6. The smallest absolute Gasteiger partial charge is 0.303 e. The zero-order chi connectivity index (χ0) is 18.7. The van der Waals surface area contributed by atoms with Crippen LogP contribution in [0.5, 0.6) is 0 Å². The van der Waals surface area contributed by atoms with Crippen molar-refractivity contribution in [3.63, 3.8) is 0 Å². The van der Waals surface area contributed by atoms with Gasteiger partial charge in [0.15, 0.2) is 0 Å². The van der Waals surface area contributed by atoms with Gasteiger partial charge in [-0.1, -0.05) is 51.7 Å². The minimum Gasteiger partial charge on any atom is -0.481 e. The number of carboxylic acids is 1. The Morgan fingerprint density at radius 3 is 2.72 bits per heavy atom. The van der Waals surface area contributed by atoms with E-state index in [0.29, 0.717) is 25.3 Å². The van der Waals surface area contributed by atoms with Crippen LogP contribution in [0.3, 0.4) is 0 Å². The number of hydrogen-bond donors (Lipinski definition) is 2. The number of aliphatic carboxylic acids is 1. The summed E-state index contributed by atoms with van der Waals surface area (Å²) < 4.78 is 0. The molecule has 1 aliphatic heterocycles. The van der Waals surface area contributed by atoms with E-state index in [9.17, 15) is 14.7 Å². The van der Waals surface area contributed by atoms with E-state index in [4.69, 9.17) is 5.11 Å². The number of hydrogen-bond acceptors (Lipinski definition) is 3. The van der Waals surface area contributed by atoms with Crippen LogP contribution in [0, 0.1) is 5.92 Å². The molecular weight excluding hydrogens is 318 g/mol. The average Bonchev–Trinajstić information content (AvgIpc) is 2.91. The van der Waals surface area contributed by atoms with E-state index >= 15 is 0 Å². The number of carboxylic acid groups (broad SMARTS) is 1. The highest BCUT2D eigenvalue weighted by Gasteiger charge is 2.29. The van der Waals surface area contributed by atoms with Crippen molar-refractivity contribution >= 4 is 11.9 Å². The van der Waals surface area contributed by atoms with Gasteiger partial charge in [-0.05, 0) is 31.6 Å². The Bertz CT molecular complexity index is 435. The Labute approximate surface area is 152 Å². The van der Waals surface area contributed by atoms with Crippen molar-refractivity contribution in [2.75, 3.05) is 6.54 Å². The van der Waals surface area contributed by atoms with E-state index in [1.807, 2.05) is 17.1 Å². The first-order valence-electron chi connectivity index (χ1n) is 9.81. The van der Waals surface area contributed by atoms with Crippen LogP contribution in [0.15, 0.2) is 12.2 Å². The van der Waals surface area contributed by atoms with E-state index in [1.54, 1.807) is 0 Å². The number of likely N-dealkylation sites (tertiary alicyclic amines) is 1. The molecule has 0 aromatic carbocycles. The fraction of sp³-hybridized carbons (Fsp3) is 0.800. The molecule has 3 unspecified atom stereocenters. The predicted octanol–water partition coefficient (Wildman–Crippen LogP) is 3.76. The minimum absolute atomic E-state index is 0.0968. The van der Waals surface area contributed by atoms with Crippen molar-refractivity contribution in [3.05, 3.63) is 12.2 Å². The molecule has 1 heterocycles. The molecule has 0 spiro atoms. The summed E-state index contributed by atoms with van der Waals surface area (Å²) in [7, 11) is 0. The second-order valence-electron chi connectivity index (χ2n) is 7.32. The largest absolute Gasteiger partial charge is 0.481 e. The van der Waals surface area contributed by atoms with Crippen molar-refractivity contribution in [1.82, 2.24) is 4.90 Å². The van der Waals surface area contributed by atoms with Gasteiger partial charge in [-0.3, -0.25) is 9.59 Å². The Hall–Kier alpha value is -1.36. The standard InChI is InChI=1S/C20H35NO4/c1-3-4-5-8-18(22)12-10-17-11-13-19(23)21(17)15-14-16(2)7-6-9-20(24)25/h10,12,16-18,22H,3-9,11,13-15H2,1-2H3,(H,24,25)/b12-10+. The van der Waals surface area contributed by atoms with E-state index < -0.39 is 12.1 Å². The number of aliphatic hydroxyl groups is 1. The highest BCUT2D eigenvalue weighted by atomic mass is 16.4. The first-order chi connectivity index (χ1) is 11.9. The fourth-order valence-electron chi connectivity index (χ4n) is 3.31. The summed E-state index contributed by atoms with van der Waals surface area (Å²) in [5.74, 6) is -0.144. The summed E-state index contributed by atoms with van der Waals surface area (Å²) in [6, 6.07) is 0.0968. The van der Waals surface area contributed by atoms with Crippen LogP contribution in [0.25, 0.3) is 0 Å². The molecule has 5 heteroatoms. The molecule has 0 bridgehead atoms. The number of nitrogens with zero attached hydrogens (tertiary/aromatic N) is 1. The van der Waals surface area contributed by atoms with Gasteiger partial charge in [0.25, 0.3) is 0 Å². The molecule has 2 N–H and O–H groups in total. The summed E-state index contributed by atoms with van der Waals surface area (Å²) in [6.07, 6.45) is 11.6. The number of amides is 1. The van der Waals surface area contributed by atoms with Gasteiger partial charge in [0.05, 0.1) is 12.1 Å². The first-order valence-corrected chi connectivity index (χ1v) is 9.81. The van der Waals surface area contributed by atoms with Crippen molar-refractivity contribution in [1.29, 1.82) is 0 Å². The van der Waals surface area contributed by atoms with Gasteiger partial charge in [0.2, 0.25) is 5.91 Å². The normalized spacial score (nSPS) is 20.4. The van der Waals surface area contributed by atoms with Crippen LogP contribution >= 0.6 is 0 Å². The summed E-state index contributed by atoms with van der Waals surface area (Å²) >= 11 is 0. The minimum atomic E-state index is -0.746. The molecule has 1 aliphatic rings. The molecule has 0 radical (unpaired) electrons. The predicted molar refractivity (Wildman–Crippen MR) is 99.3 cm³/mol. The molecule has 144 valence electrons. The molecule has 1 rings (SSSR count). The lowest BCUT2D eigenvalue weighted by molar-refractivity contribution is -0.137. The second kappa shape index (κ2) is 12.1. The first kappa shape index (κ1) is 21.7. The highest BCUT2D eigenvalue weighted by Crippen LogP contribution is 2.22. The molecule has 0 aromatic heterocycles. The Kier molecular flexibility index (Phi) is 10.5. The molecule has 0 saturated carbocycles. The Morgan fingerprint density at radius 1 is 1.28 bits per heavy atom. The quantitative estimate of drug-likeness (QED) is 0.390. The molecule has 25 heavy (non-hydrogen) atoms. The van der Waals surface area contributed by atoms with Gasteiger partial charge < -0.3 is 15.1 Å². The number of carbonyl (C=O) groups excluding carboxylic acids is 1. The maximum Gasteiger partial charge on any atom is 0.303 e. The van der Waals surface area contributed by atoms with Gasteiger partial charge >= 0.3 is 5.97 Å². The molecule has 1 amide bonds. The molecule has 1 fully saturated rings. The van der Waals surface area contributed by atoms with Gasteiger partial charge in [0.1, 0.15) is 0 Å². The van der Waals surface area contributed by atoms with Gasteiger partial charge in [-0.25, -0.2) is 0 Å². The lowest BCUT2D eigenvalue weighted by atomic mass is 10.00. The number of carbonyl (C=O) groups is 2. The molecule has 0 aromatic rings. The fourth-order valence-corrected chi connectivity index (χ4v) is 3.31. The van der Waals surface area contributed by atoms with Crippen molar-refractivity contribution < 1.29 is 19.8 Å². The zero-order valence-corrected chi connectivity index (χ0v) is 15.8. The number of aliphatic hydroxyl groups excluding tert-OH is 1. The maximum atomic E-state index is 12.1. The van der Waals surface area contributed by atoms with E-state index in [-0.39, 0.29) is 18.4 Å². The van der Waals surface area contributed by atoms with Crippen molar-refractivity contribution in [2.24, 2.45) is 5.92 Å². The van der Waals surface area contributed by atoms with Gasteiger partial charge in [0, 0.05) is 19.4 Å². The van der Waals surface area contributed by atoms with Gasteiger partial charge in [-0.15, -0.1) is 0 Å². The van der Waals surface area contributed by atoms with E-state index in [0.717, 1.165) is 44.9 Å². The van der Waals surface area contributed by atoms with Gasteiger partial charge in [-0.2, -0.15) is 0 Å². The van der Waals surface area contributed by atoms with Crippen molar-refractivity contribution in [2.45, 2.75) is 90.2 Å². The van der Waals surface area contributed by atoms with Crippen LogP contribution in [0.4, 0.5) is 0 Å². The molecule has 1 saturated heterocycles. The van der Waals surface area contributed by atoms with Crippen LogP contribution in [0.1, 0.15) is 78.1 Å². The Balaban J connectivity index is 2.37. The van der Waals surface area contributed by atoms with Crippen LogP contribution < -0.4 is 0 Å².